The van der Waals surface area contributed by atoms with Crippen LogP contribution in [0.15, 0.2) is 42.5 Å². The van der Waals surface area contributed by atoms with Crippen molar-refractivity contribution in [2.75, 3.05) is 14.2 Å². The third-order valence-electron chi connectivity index (χ3n) is 3.81. The molecule has 8 heteroatoms. The first-order valence-corrected chi connectivity index (χ1v) is 8.18. The Morgan fingerprint density at radius 3 is 2.32 bits per heavy atom. The summed E-state index contributed by atoms with van der Waals surface area (Å²) in [5, 5.41) is 28.1. The van der Waals surface area contributed by atoms with E-state index in [1.165, 1.54) is 38.5 Å². The molecule has 2 aromatic carbocycles. The summed E-state index contributed by atoms with van der Waals surface area (Å²) >= 11 is 0. The van der Waals surface area contributed by atoms with E-state index in [1.54, 1.807) is 18.2 Å². The fourth-order valence-corrected chi connectivity index (χ4v) is 2.39. The van der Waals surface area contributed by atoms with Crippen LogP contribution in [0.25, 0.3) is 6.08 Å². The first kappa shape index (κ1) is 20.6. The predicted molar refractivity (Wildman–Crippen MR) is 99.6 cm³/mol. The van der Waals surface area contributed by atoms with Crippen molar-refractivity contribution in [3.8, 4) is 23.0 Å². The van der Waals surface area contributed by atoms with Crippen molar-refractivity contribution in [1.82, 2.24) is 0 Å². The lowest BCUT2D eigenvalue weighted by molar-refractivity contribution is -0.160. The molecule has 0 saturated heterocycles. The number of benzene rings is 2. The Morgan fingerprint density at radius 2 is 1.71 bits per heavy atom. The average molecular weight is 388 g/mol. The summed E-state index contributed by atoms with van der Waals surface area (Å²) in [6.07, 6.45) is 0.937. The summed E-state index contributed by atoms with van der Waals surface area (Å²) in [6.45, 7) is 0. The third-order valence-corrected chi connectivity index (χ3v) is 3.81. The van der Waals surface area contributed by atoms with Gasteiger partial charge < -0.3 is 29.5 Å². The zero-order valence-electron chi connectivity index (χ0n) is 15.3. The number of carbonyl (C=O) groups excluding carboxylic acids is 1. The van der Waals surface area contributed by atoms with E-state index in [-0.39, 0.29) is 17.9 Å². The van der Waals surface area contributed by atoms with Crippen LogP contribution >= 0.6 is 0 Å². The normalized spacial score (nSPS) is 11.8. The van der Waals surface area contributed by atoms with Crippen molar-refractivity contribution >= 4 is 18.0 Å². The van der Waals surface area contributed by atoms with Gasteiger partial charge in [0.15, 0.2) is 23.0 Å². The number of methoxy groups -OCH3 is 2. The van der Waals surface area contributed by atoms with E-state index in [0.29, 0.717) is 22.6 Å². The largest absolute Gasteiger partial charge is 0.504 e. The van der Waals surface area contributed by atoms with Gasteiger partial charge in [-0.05, 0) is 41.5 Å². The first-order chi connectivity index (χ1) is 13.3. The number of carboxylic acid groups (broad SMARTS) is 1. The van der Waals surface area contributed by atoms with Crippen LogP contribution < -0.4 is 9.47 Å². The van der Waals surface area contributed by atoms with E-state index in [2.05, 4.69) is 0 Å². The predicted octanol–water partition coefficient (Wildman–Crippen LogP) is 2.37. The van der Waals surface area contributed by atoms with Crippen LogP contribution in [0.2, 0.25) is 0 Å². The molecule has 0 aromatic heterocycles. The maximum Gasteiger partial charge on any atom is 0.345 e. The molecular formula is C20H20O8. The summed E-state index contributed by atoms with van der Waals surface area (Å²) in [7, 11) is 2.99. The van der Waals surface area contributed by atoms with Gasteiger partial charge in [0, 0.05) is 12.5 Å². The van der Waals surface area contributed by atoms with Gasteiger partial charge in [0.05, 0.1) is 14.2 Å². The molecule has 0 aliphatic heterocycles. The number of aromatic hydroxyl groups is 2. The molecule has 0 fully saturated rings. The molecule has 0 aliphatic rings. The molecule has 0 heterocycles. The molecule has 3 N–H and O–H groups in total. The van der Waals surface area contributed by atoms with Gasteiger partial charge in [-0.1, -0.05) is 12.1 Å². The molecule has 1 atom stereocenters. The van der Waals surface area contributed by atoms with Crippen LogP contribution in [0, 0.1) is 0 Å². The van der Waals surface area contributed by atoms with Gasteiger partial charge in [-0.3, -0.25) is 0 Å². The fraction of sp³-hybridized carbons (Fsp3) is 0.200. The summed E-state index contributed by atoms with van der Waals surface area (Å²) in [5.74, 6) is -1.88. The molecule has 1 unspecified atom stereocenters. The number of aliphatic carboxylic acids is 1. The SMILES string of the molecule is COc1ccc(/C=C/C(=O)OC(Cc2ccc(O)c(O)c2)C(=O)O)cc1OC. The summed E-state index contributed by atoms with van der Waals surface area (Å²) in [4.78, 5) is 23.4. The molecular weight excluding hydrogens is 368 g/mol. The second kappa shape index (κ2) is 9.31. The number of phenolic OH excluding ortho intramolecular Hbond substituents is 2. The van der Waals surface area contributed by atoms with Crippen LogP contribution in [0.3, 0.4) is 0 Å². The van der Waals surface area contributed by atoms with E-state index >= 15 is 0 Å². The highest BCUT2D eigenvalue weighted by Crippen LogP contribution is 2.28. The molecule has 0 bridgehead atoms. The Bertz CT molecular complexity index is 888. The van der Waals surface area contributed by atoms with Crippen molar-refractivity contribution in [2.45, 2.75) is 12.5 Å². The zero-order chi connectivity index (χ0) is 20.7. The van der Waals surface area contributed by atoms with E-state index < -0.39 is 18.0 Å². The summed E-state index contributed by atoms with van der Waals surface area (Å²) < 4.78 is 15.3. The van der Waals surface area contributed by atoms with Gasteiger partial charge in [-0.2, -0.15) is 0 Å². The molecule has 148 valence electrons. The molecule has 2 aromatic rings. The van der Waals surface area contributed by atoms with Gasteiger partial charge in [-0.15, -0.1) is 0 Å². The first-order valence-electron chi connectivity index (χ1n) is 8.18. The molecule has 0 amide bonds. The highest BCUT2D eigenvalue weighted by Gasteiger charge is 2.22. The van der Waals surface area contributed by atoms with Gasteiger partial charge in [0.2, 0.25) is 6.10 Å². The quantitative estimate of drug-likeness (QED) is 0.358. The smallest absolute Gasteiger partial charge is 0.345 e. The maximum atomic E-state index is 12.0. The van der Waals surface area contributed by atoms with Crippen LogP contribution in [0.4, 0.5) is 0 Å². The summed E-state index contributed by atoms with van der Waals surface area (Å²) in [6, 6.07) is 8.87. The Balaban J connectivity index is 2.06. The Labute approximate surface area is 161 Å². The lowest BCUT2D eigenvalue weighted by Gasteiger charge is -2.13. The second-order valence-electron chi connectivity index (χ2n) is 5.74. The topological polar surface area (TPSA) is 123 Å². The number of rotatable bonds is 8. The number of hydrogen-bond acceptors (Lipinski definition) is 7. The lowest BCUT2D eigenvalue weighted by Crippen LogP contribution is -2.28. The maximum absolute atomic E-state index is 12.0. The highest BCUT2D eigenvalue weighted by molar-refractivity contribution is 5.89. The van der Waals surface area contributed by atoms with Crippen molar-refractivity contribution in [3.05, 3.63) is 53.6 Å². The Kier molecular flexibility index (Phi) is 6.86. The molecule has 2 rings (SSSR count). The highest BCUT2D eigenvalue weighted by atomic mass is 16.6. The van der Waals surface area contributed by atoms with Crippen molar-refractivity contribution < 1.29 is 39.1 Å². The van der Waals surface area contributed by atoms with E-state index in [9.17, 15) is 24.9 Å². The number of carboxylic acids is 1. The summed E-state index contributed by atoms with van der Waals surface area (Å²) in [5.41, 5.74) is 1.02. The third kappa shape index (κ3) is 5.41. The number of ether oxygens (including phenoxy) is 3. The van der Waals surface area contributed by atoms with Gasteiger partial charge in [0.25, 0.3) is 0 Å². The fourth-order valence-electron chi connectivity index (χ4n) is 2.39. The molecule has 0 saturated carbocycles. The number of esters is 1. The molecule has 28 heavy (non-hydrogen) atoms. The lowest BCUT2D eigenvalue weighted by atomic mass is 10.1. The van der Waals surface area contributed by atoms with Gasteiger partial charge in [-0.25, -0.2) is 9.59 Å². The van der Waals surface area contributed by atoms with E-state index in [4.69, 9.17) is 14.2 Å². The number of phenols is 2. The van der Waals surface area contributed by atoms with Crippen molar-refractivity contribution in [3.63, 3.8) is 0 Å². The second-order valence-corrected chi connectivity index (χ2v) is 5.74. The van der Waals surface area contributed by atoms with Crippen LogP contribution in [0.5, 0.6) is 23.0 Å². The minimum Gasteiger partial charge on any atom is -0.504 e. The minimum absolute atomic E-state index is 0.168. The monoisotopic (exact) mass is 388 g/mol. The zero-order valence-corrected chi connectivity index (χ0v) is 15.3. The minimum atomic E-state index is -1.45. The molecule has 0 aliphatic carbocycles. The molecule has 0 spiro atoms. The van der Waals surface area contributed by atoms with Crippen molar-refractivity contribution in [2.24, 2.45) is 0 Å². The van der Waals surface area contributed by atoms with Crippen LogP contribution in [-0.4, -0.2) is 47.6 Å². The van der Waals surface area contributed by atoms with Gasteiger partial charge >= 0.3 is 11.9 Å². The van der Waals surface area contributed by atoms with Crippen molar-refractivity contribution in [1.29, 1.82) is 0 Å². The Hall–Kier alpha value is -3.68. The van der Waals surface area contributed by atoms with E-state index in [1.807, 2.05) is 0 Å². The standard InChI is InChI=1S/C20H20O8/c1-26-16-7-4-12(10-17(16)27-2)5-8-19(23)28-18(20(24)25)11-13-3-6-14(21)15(22)9-13/h3-10,18,21-22H,11H2,1-2H3,(H,24,25)/b8-5+. The molecule has 8 nitrogen and oxygen atoms in total. The number of hydrogen-bond donors (Lipinski definition) is 3. The molecule has 0 radical (unpaired) electrons. The number of carbonyl (C=O) groups is 2. The Morgan fingerprint density at radius 1 is 1.00 bits per heavy atom. The van der Waals surface area contributed by atoms with E-state index in [0.717, 1.165) is 6.08 Å². The van der Waals surface area contributed by atoms with Crippen LogP contribution in [0.1, 0.15) is 11.1 Å². The van der Waals surface area contributed by atoms with Crippen LogP contribution in [-0.2, 0) is 20.7 Å². The van der Waals surface area contributed by atoms with Gasteiger partial charge in [0.1, 0.15) is 0 Å². The average Bonchev–Trinajstić information content (AvgIpc) is 2.68.